The normalized spacial score (nSPS) is 11.5. The van der Waals surface area contributed by atoms with Crippen molar-refractivity contribution >= 4 is 43.6 Å². The van der Waals surface area contributed by atoms with Gasteiger partial charge in [-0.2, -0.15) is 0 Å². The molecule has 0 aliphatic rings. The number of fused-ring (bicyclic) bond motifs is 6. The maximum atomic E-state index is 6.64. The average Bonchev–Trinajstić information content (AvgIpc) is 3.59. The van der Waals surface area contributed by atoms with Gasteiger partial charge in [-0.25, -0.2) is 9.97 Å². The minimum absolute atomic E-state index is 0.660. The van der Waals surface area contributed by atoms with E-state index in [9.17, 15) is 0 Å². The lowest BCUT2D eigenvalue weighted by atomic mass is 9.95. The standard InChI is InChI=1S/C47H29N3O/c1-3-11-30(12-4-1)31-19-21-32(22-20-31)43-28-44(50-47(49-43)33-13-5-2-6-14-33)41-27-36(26-40-38-17-9-10-18-45(38)51-46(40)41)34-23-24-42-39(25-34)37-16-8-7-15-35(37)29-48-42/h1-29H. The maximum absolute atomic E-state index is 6.64. The van der Waals surface area contributed by atoms with E-state index in [0.717, 1.165) is 83.0 Å². The second-order valence-corrected chi connectivity index (χ2v) is 12.8. The smallest absolute Gasteiger partial charge is 0.160 e. The van der Waals surface area contributed by atoms with Crippen molar-refractivity contribution in [2.45, 2.75) is 0 Å². The van der Waals surface area contributed by atoms with Gasteiger partial charge in [-0.15, -0.1) is 0 Å². The second kappa shape index (κ2) is 11.9. The number of rotatable bonds is 5. The lowest BCUT2D eigenvalue weighted by Gasteiger charge is -2.12. The highest BCUT2D eigenvalue weighted by atomic mass is 16.3. The highest BCUT2D eigenvalue weighted by Crippen LogP contribution is 2.41. The summed E-state index contributed by atoms with van der Waals surface area (Å²) in [6.07, 6.45) is 1.95. The van der Waals surface area contributed by atoms with Crippen LogP contribution in [0.4, 0.5) is 0 Å². The molecule has 238 valence electrons. The molecule has 0 atom stereocenters. The minimum atomic E-state index is 0.660. The molecule has 3 heterocycles. The van der Waals surface area contributed by atoms with Crippen molar-refractivity contribution < 1.29 is 4.42 Å². The molecule has 0 amide bonds. The molecule has 0 aliphatic heterocycles. The Balaban J connectivity index is 1.20. The topological polar surface area (TPSA) is 51.8 Å². The van der Waals surface area contributed by atoms with Gasteiger partial charge in [-0.1, -0.05) is 133 Å². The van der Waals surface area contributed by atoms with Gasteiger partial charge in [0.2, 0.25) is 0 Å². The first-order chi connectivity index (χ1) is 25.2. The summed E-state index contributed by atoms with van der Waals surface area (Å²) in [5, 5.41) is 5.54. The van der Waals surface area contributed by atoms with Crippen LogP contribution >= 0.6 is 0 Å². The Bertz CT molecular complexity index is 2900. The van der Waals surface area contributed by atoms with Gasteiger partial charge in [0.25, 0.3) is 0 Å². The van der Waals surface area contributed by atoms with Crippen molar-refractivity contribution in [2.75, 3.05) is 0 Å². The Morgan fingerprint density at radius 1 is 0.392 bits per heavy atom. The number of hydrogen-bond acceptors (Lipinski definition) is 4. The van der Waals surface area contributed by atoms with E-state index in [0.29, 0.717) is 5.82 Å². The fraction of sp³-hybridized carbons (Fsp3) is 0. The molecule has 10 aromatic rings. The summed E-state index contributed by atoms with van der Waals surface area (Å²) < 4.78 is 6.64. The number of benzene rings is 7. The van der Waals surface area contributed by atoms with Crippen molar-refractivity contribution in [3.63, 3.8) is 0 Å². The second-order valence-electron chi connectivity index (χ2n) is 12.8. The third-order valence-electron chi connectivity index (χ3n) is 9.72. The van der Waals surface area contributed by atoms with Gasteiger partial charge >= 0.3 is 0 Å². The van der Waals surface area contributed by atoms with Crippen LogP contribution in [0.3, 0.4) is 0 Å². The van der Waals surface area contributed by atoms with Crippen LogP contribution in [0.25, 0.3) is 99.8 Å². The van der Waals surface area contributed by atoms with Crippen molar-refractivity contribution in [3.05, 3.63) is 176 Å². The summed E-state index contributed by atoms with van der Waals surface area (Å²) in [5.41, 5.74) is 11.6. The van der Waals surface area contributed by atoms with E-state index in [2.05, 4.69) is 133 Å². The summed E-state index contributed by atoms with van der Waals surface area (Å²) in [4.78, 5) is 15.1. The molecule has 0 saturated carbocycles. The number of pyridine rings is 1. The number of para-hydroxylation sites is 1. The Kier molecular flexibility index (Phi) is 6.78. The first-order valence-corrected chi connectivity index (χ1v) is 17.1. The molecule has 4 heteroatoms. The minimum Gasteiger partial charge on any atom is -0.455 e. The third-order valence-corrected chi connectivity index (χ3v) is 9.72. The van der Waals surface area contributed by atoms with Gasteiger partial charge < -0.3 is 4.42 Å². The molecule has 51 heavy (non-hydrogen) atoms. The first kappa shape index (κ1) is 29.0. The summed E-state index contributed by atoms with van der Waals surface area (Å²) in [5.74, 6) is 0.660. The highest BCUT2D eigenvalue weighted by molar-refractivity contribution is 6.12. The molecule has 0 saturated heterocycles. The Hall–Kier alpha value is -6.91. The van der Waals surface area contributed by atoms with Gasteiger partial charge in [0.1, 0.15) is 11.2 Å². The van der Waals surface area contributed by atoms with Crippen LogP contribution in [-0.4, -0.2) is 15.0 Å². The van der Waals surface area contributed by atoms with E-state index in [1.165, 1.54) is 10.9 Å². The predicted molar refractivity (Wildman–Crippen MR) is 209 cm³/mol. The van der Waals surface area contributed by atoms with Gasteiger partial charge in [0.05, 0.1) is 16.9 Å². The van der Waals surface area contributed by atoms with E-state index in [-0.39, 0.29) is 0 Å². The van der Waals surface area contributed by atoms with Crippen molar-refractivity contribution in [1.29, 1.82) is 0 Å². The van der Waals surface area contributed by atoms with E-state index < -0.39 is 0 Å². The number of furan rings is 1. The summed E-state index contributed by atoms with van der Waals surface area (Å²) in [6, 6.07) is 58.9. The fourth-order valence-electron chi connectivity index (χ4n) is 7.14. The molecular weight excluding hydrogens is 623 g/mol. The van der Waals surface area contributed by atoms with E-state index >= 15 is 0 Å². The van der Waals surface area contributed by atoms with Crippen molar-refractivity contribution in [2.24, 2.45) is 0 Å². The van der Waals surface area contributed by atoms with Crippen LogP contribution in [0.5, 0.6) is 0 Å². The molecule has 0 fully saturated rings. The lowest BCUT2D eigenvalue weighted by molar-refractivity contribution is 0.670. The molecule has 0 unspecified atom stereocenters. The molecule has 3 aromatic heterocycles. The Morgan fingerprint density at radius 3 is 1.84 bits per heavy atom. The average molecular weight is 652 g/mol. The monoisotopic (exact) mass is 651 g/mol. The summed E-state index contributed by atoms with van der Waals surface area (Å²) in [6.45, 7) is 0. The van der Waals surface area contributed by atoms with Crippen LogP contribution in [0.1, 0.15) is 0 Å². The Morgan fingerprint density at radius 2 is 1.02 bits per heavy atom. The predicted octanol–water partition coefficient (Wildman–Crippen LogP) is 12.4. The molecule has 10 rings (SSSR count). The summed E-state index contributed by atoms with van der Waals surface area (Å²) >= 11 is 0. The molecule has 0 aliphatic carbocycles. The van der Waals surface area contributed by atoms with Crippen LogP contribution in [0.2, 0.25) is 0 Å². The maximum Gasteiger partial charge on any atom is 0.160 e. The van der Waals surface area contributed by atoms with Gasteiger partial charge in [0, 0.05) is 44.4 Å². The van der Waals surface area contributed by atoms with Gasteiger partial charge in [-0.3, -0.25) is 4.98 Å². The summed E-state index contributed by atoms with van der Waals surface area (Å²) in [7, 11) is 0. The molecular formula is C47H29N3O. The molecule has 7 aromatic carbocycles. The molecule has 0 radical (unpaired) electrons. The SMILES string of the molecule is c1ccc(-c2ccc(-c3cc(-c4cc(-c5ccc6ncc7ccccc7c6c5)cc5c4oc4ccccc45)nc(-c4ccccc4)n3)cc2)cc1. The van der Waals surface area contributed by atoms with Crippen LogP contribution in [0.15, 0.2) is 180 Å². The first-order valence-electron chi connectivity index (χ1n) is 17.1. The van der Waals surface area contributed by atoms with E-state index in [1.807, 2.05) is 42.6 Å². The van der Waals surface area contributed by atoms with E-state index in [4.69, 9.17) is 19.4 Å². The zero-order chi connectivity index (χ0) is 33.7. The van der Waals surface area contributed by atoms with Crippen LogP contribution in [0, 0.1) is 0 Å². The lowest BCUT2D eigenvalue weighted by Crippen LogP contribution is -1.96. The number of nitrogens with zero attached hydrogens (tertiary/aromatic N) is 3. The highest BCUT2D eigenvalue weighted by Gasteiger charge is 2.19. The van der Waals surface area contributed by atoms with Gasteiger partial charge in [0.15, 0.2) is 5.82 Å². The quantitative estimate of drug-likeness (QED) is 0.174. The largest absolute Gasteiger partial charge is 0.455 e. The zero-order valence-electron chi connectivity index (χ0n) is 27.5. The molecule has 0 spiro atoms. The fourth-order valence-corrected chi connectivity index (χ4v) is 7.14. The third kappa shape index (κ3) is 5.13. The molecule has 0 bridgehead atoms. The molecule has 4 nitrogen and oxygen atoms in total. The van der Waals surface area contributed by atoms with Crippen molar-refractivity contribution in [1.82, 2.24) is 15.0 Å². The molecule has 0 N–H and O–H groups in total. The van der Waals surface area contributed by atoms with E-state index in [1.54, 1.807) is 0 Å². The number of aromatic nitrogens is 3. The number of hydrogen-bond donors (Lipinski definition) is 0. The van der Waals surface area contributed by atoms with Crippen LogP contribution < -0.4 is 0 Å². The van der Waals surface area contributed by atoms with Gasteiger partial charge in [-0.05, 0) is 64.0 Å². The zero-order valence-corrected chi connectivity index (χ0v) is 27.5. The van der Waals surface area contributed by atoms with Crippen molar-refractivity contribution in [3.8, 4) is 56.2 Å². The Labute approximate surface area is 294 Å². The van der Waals surface area contributed by atoms with Crippen LogP contribution in [-0.2, 0) is 0 Å².